The van der Waals surface area contributed by atoms with Gasteiger partial charge in [-0.3, -0.25) is 4.68 Å². The van der Waals surface area contributed by atoms with Crippen LogP contribution in [0.5, 0.6) is 0 Å². The first-order valence-corrected chi connectivity index (χ1v) is 8.82. The zero-order valence-corrected chi connectivity index (χ0v) is 14.8. The van der Waals surface area contributed by atoms with Crippen molar-refractivity contribution in [3.63, 3.8) is 0 Å². The summed E-state index contributed by atoms with van der Waals surface area (Å²) < 4.78 is 47.1. The maximum absolute atomic E-state index is 13.3. The molecule has 0 unspecified atom stereocenters. The summed E-state index contributed by atoms with van der Waals surface area (Å²) in [5, 5.41) is 27.4. The highest BCUT2D eigenvalue weighted by Crippen LogP contribution is 2.71. The lowest BCUT2D eigenvalue weighted by Gasteiger charge is -2.67. The molecule has 0 aliphatic heterocycles. The minimum Gasteiger partial charge on any atom is -0.375 e. The summed E-state index contributed by atoms with van der Waals surface area (Å²) in [6.07, 6.45) is -0.509. The van der Waals surface area contributed by atoms with Crippen molar-refractivity contribution in [2.75, 3.05) is 0 Å². The number of halogens is 3. The highest BCUT2D eigenvalue weighted by Gasteiger charge is 2.71. The van der Waals surface area contributed by atoms with Gasteiger partial charge in [0.1, 0.15) is 5.69 Å². The predicted octanol–water partition coefficient (Wildman–Crippen LogP) is 3.37. The van der Waals surface area contributed by atoms with Crippen LogP contribution in [-0.4, -0.2) is 26.2 Å². The summed E-state index contributed by atoms with van der Waals surface area (Å²) in [6.45, 7) is 2.49. The van der Waals surface area contributed by atoms with Crippen LogP contribution in [0, 0.1) is 16.7 Å². The van der Waals surface area contributed by atoms with Gasteiger partial charge in [0.2, 0.25) is 5.60 Å². The molecule has 4 aliphatic carbocycles. The lowest BCUT2D eigenvalue weighted by atomic mass is 9.40. The first-order chi connectivity index (χ1) is 12.5. The summed E-state index contributed by atoms with van der Waals surface area (Å²) in [5.74, 6) is -0.0635. The summed E-state index contributed by atoms with van der Waals surface area (Å²) in [6, 6.07) is 2.37. The Hall–Kier alpha value is -2.34. The molecule has 0 spiro atoms. The lowest BCUT2D eigenvalue weighted by Crippen LogP contribution is -2.67. The van der Waals surface area contributed by atoms with Gasteiger partial charge in [0.05, 0.1) is 34.5 Å². The van der Waals surface area contributed by atoms with Crippen LogP contribution in [0.15, 0.2) is 10.7 Å². The third-order valence-electron chi connectivity index (χ3n) is 6.54. The van der Waals surface area contributed by atoms with Crippen molar-refractivity contribution in [1.82, 2.24) is 14.9 Å². The molecule has 0 radical (unpaired) electrons. The van der Waals surface area contributed by atoms with Crippen molar-refractivity contribution in [2.45, 2.75) is 62.8 Å². The van der Waals surface area contributed by atoms with Crippen molar-refractivity contribution >= 4 is 0 Å². The van der Waals surface area contributed by atoms with Crippen LogP contribution in [0.1, 0.15) is 56.0 Å². The molecule has 3 fully saturated rings. The van der Waals surface area contributed by atoms with Crippen LogP contribution in [0.3, 0.4) is 0 Å². The van der Waals surface area contributed by atoms with E-state index in [1.165, 1.54) is 0 Å². The Morgan fingerprint density at radius 2 is 2.04 bits per heavy atom. The van der Waals surface area contributed by atoms with Crippen LogP contribution < -0.4 is 0 Å². The van der Waals surface area contributed by atoms with Crippen LogP contribution in [0.25, 0.3) is 11.3 Å². The first-order valence-electron chi connectivity index (χ1n) is 8.82. The maximum Gasteiger partial charge on any atom is 0.422 e. The molecule has 27 heavy (non-hydrogen) atoms. The second-order valence-electron chi connectivity index (χ2n) is 8.51. The molecule has 2 bridgehead atoms. The molecule has 3 saturated carbocycles. The van der Waals surface area contributed by atoms with Gasteiger partial charge in [0.15, 0.2) is 5.76 Å². The Morgan fingerprint density at radius 1 is 1.37 bits per heavy atom. The summed E-state index contributed by atoms with van der Waals surface area (Å²) >= 11 is 0. The normalized spacial score (nSPS) is 33.1. The number of rotatable bonds is 2. The van der Waals surface area contributed by atoms with Gasteiger partial charge in [0, 0.05) is 5.56 Å². The van der Waals surface area contributed by atoms with Crippen LogP contribution in [0.4, 0.5) is 13.2 Å². The fourth-order valence-electron chi connectivity index (χ4n) is 5.07. The topological polar surface area (TPSA) is 87.9 Å². The number of hydrogen-bond acceptors (Lipinski definition) is 5. The van der Waals surface area contributed by atoms with E-state index in [-0.39, 0.29) is 28.2 Å². The van der Waals surface area contributed by atoms with Gasteiger partial charge in [-0.15, -0.1) is 0 Å². The minimum atomic E-state index is -4.86. The van der Waals surface area contributed by atoms with E-state index in [9.17, 15) is 23.5 Å². The molecule has 9 heteroatoms. The lowest BCUT2D eigenvalue weighted by molar-refractivity contribution is -0.261. The summed E-state index contributed by atoms with van der Waals surface area (Å²) in [5.41, 5.74) is -2.14. The Bertz CT molecular complexity index is 991. The zero-order chi connectivity index (χ0) is 19.4. The maximum atomic E-state index is 13.3. The molecule has 2 aromatic rings. The van der Waals surface area contributed by atoms with Crippen molar-refractivity contribution in [1.29, 1.82) is 5.26 Å². The highest BCUT2D eigenvalue weighted by atomic mass is 19.4. The average molecular weight is 378 g/mol. The molecule has 1 N–H and O–H groups in total. The van der Waals surface area contributed by atoms with Crippen molar-refractivity contribution in [2.24, 2.45) is 5.41 Å². The van der Waals surface area contributed by atoms with Crippen molar-refractivity contribution < 1.29 is 22.8 Å². The molecule has 2 aromatic heterocycles. The first kappa shape index (κ1) is 16.8. The van der Waals surface area contributed by atoms with Gasteiger partial charge in [-0.25, -0.2) is 0 Å². The molecule has 142 valence electrons. The SMILES string of the molecule is C[C@H]1Cc2c(cnn2C23CC(C#N)(C2)C3)-c2onc([C@@](C)(O)C(F)(F)F)c21. The predicted molar refractivity (Wildman–Crippen MR) is 85.3 cm³/mol. The van der Waals surface area contributed by atoms with Gasteiger partial charge < -0.3 is 9.63 Å². The van der Waals surface area contributed by atoms with E-state index in [4.69, 9.17) is 4.52 Å². The Morgan fingerprint density at radius 3 is 2.63 bits per heavy atom. The Kier molecular flexibility index (Phi) is 2.83. The van der Waals surface area contributed by atoms with Crippen molar-refractivity contribution in [3.8, 4) is 17.4 Å². The standard InChI is InChI=1S/C18H17F3N4O2/c1-9-3-11-10(4-23-25(11)17-5-16(6-17,7-17)8-22)13-12(9)14(24-27-13)15(2,26)18(19,20)21/h4,9,26H,3,5-7H2,1-2H3/t9-,15+,16?,17?/m0/s1. The number of nitrogens with zero attached hydrogens (tertiary/aromatic N) is 4. The largest absolute Gasteiger partial charge is 0.422 e. The van der Waals surface area contributed by atoms with Gasteiger partial charge in [0.25, 0.3) is 0 Å². The van der Waals surface area contributed by atoms with E-state index < -0.39 is 17.5 Å². The smallest absolute Gasteiger partial charge is 0.375 e. The molecule has 6 nitrogen and oxygen atoms in total. The highest BCUT2D eigenvalue weighted by molar-refractivity contribution is 5.68. The number of nitriles is 1. The fraction of sp³-hybridized carbons (Fsp3) is 0.611. The van der Waals surface area contributed by atoms with Gasteiger partial charge in [-0.05, 0) is 38.5 Å². The van der Waals surface area contributed by atoms with E-state index in [0.29, 0.717) is 18.9 Å². The molecule has 4 aliphatic rings. The fourth-order valence-corrected chi connectivity index (χ4v) is 5.07. The number of aliphatic hydroxyl groups is 1. The Labute approximate surface area is 152 Å². The van der Waals surface area contributed by atoms with Gasteiger partial charge >= 0.3 is 6.18 Å². The number of fused-ring (bicyclic) bond motifs is 3. The second kappa shape index (κ2) is 4.55. The van der Waals surface area contributed by atoms with Gasteiger partial charge in [-0.1, -0.05) is 12.1 Å². The number of aromatic nitrogens is 3. The average Bonchev–Trinajstić information content (AvgIpc) is 3.09. The molecule has 0 saturated heterocycles. The molecule has 6 rings (SSSR count). The zero-order valence-electron chi connectivity index (χ0n) is 14.8. The molecule has 2 atom stereocenters. The van der Waals surface area contributed by atoms with E-state index in [1.807, 2.05) is 4.68 Å². The van der Waals surface area contributed by atoms with Crippen molar-refractivity contribution in [3.05, 3.63) is 23.1 Å². The summed E-state index contributed by atoms with van der Waals surface area (Å²) in [7, 11) is 0. The monoisotopic (exact) mass is 378 g/mol. The van der Waals surface area contributed by atoms with Gasteiger partial charge in [-0.2, -0.15) is 23.5 Å². The second-order valence-corrected chi connectivity index (χ2v) is 8.51. The van der Waals surface area contributed by atoms with Crippen LogP contribution >= 0.6 is 0 Å². The minimum absolute atomic E-state index is 0.152. The molecule has 0 amide bonds. The molecule has 2 heterocycles. The quantitative estimate of drug-likeness (QED) is 0.866. The van der Waals surface area contributed by atoms with E-state index >= 15 is 0 Å². The number of alkyl halides is 3. The van der Waals surface area contributed by atoms with E-state index in [1.54, 1.807) is 13.1 Å². The molecular formula is C18H17F3N4O2. The molecule has 0 aromatic carbocycles. The van der Waals surface area contributed by atoms with Crippen LogP contribution in [-0.2, 0) is 17.6 Å². The third kappa shape index (κ3) is 1.84. The number of hydrogen-bond donors (Lipinski definition) is 1. The van der Waals surface area contributed by atoms with E-state index in [0.717, 1.165) is 25.0 Å². The molecular weight excluding hydrogens is 361 g/mol. The van der Waals surface area contributed by atoms with E-state index in [2.05, 4.69) is 16.3 Å². The van der Waals surface area contributed by atoms with Crippen LogP contribution in [0.2, 0.25) is 0 Å². The summed E-state index contributed by atoms with van der Waals surface area (Å²) in [4.78, 5) is 0. The Balaban J connectivity index is 1.59. The third-order valence-corrected chi connectivity index (χ3v) is 6.54.